The standard InChI is InChI=1S/C7H15NO5S/c1-6(9)5-8-14(11,12)4-3-7(10)13-2/h6,8-9H,3-5H2,1-2H3. The SMILES string of the molecule is COC(=O)CCS(=O)(=O)NCC(C)O. The zero-order valence-corrected chi connectivity index (χ0v) is 9.00. The Morgan fingerprint density at radius 1 is 1.57 bits per heavy atom. The lowest BCUT2D eigenvalue weighted by atomic mass is 10.4. The molecule has 0 saturated heterocycles. The molecule has 0 aliphatic carbocycles. The van der Waals surface area contributed by atoms with Gasteiger partial charge in [0.05, 0.1) is 25.4 Å². The van der Waals surface area contributed by atoms with Gasteiger partial charge in [-0.05, 0) is 6.92 Å². The van der Waals surface area contributed by atoms with Crippen molar-refractivity contribution in [1.82, 2.24) is 4.72 Å². The summed E-state index contributed by atoms with van der Waals surface area (Å²) in [6.07, 6.45) is -0.936. The highest BCUT2D eigenvalue weighted by atomic mass is 32.2. The smallest absolute Gasteiger partial charge is 0.306 e. The average Bonchev–Trinajstić information content (AvgIpc) is 2.11. The number of nitrogens with one attached hydrogen (secondary N) is 1. The van der Waals surface area contributed by atoms with E-state index >= 15 is 0 Å². The van der Waals surface area contributed by atoms with E-state index in [2.05, 4.69) is 9.46 Å². The molecule has 0 amide bonds. The summed E-state index contributed by atoms with van der Waals surface area (Å²) < 4.78 is 28.7. The Labute approximate surface area is 83.3 Å². The van der Waals surface area contributed by atoms with Gasteiger partial charge in [0.1, 0.15) is 0 Å². The van der Waals surface area contributed by atoms with Crippen LogP contribution < -0.4 is 4.72 Å². The fraction of sp³-hybridized carbons (Fsp3) is 0.857. The molecule has 0 saturated carbocycles. The van der Waals surface area contributed by atoms with E-state index < -0.39 is 22.1 Å². The Bertz CT molecular complexity index is 272. The number of sulfonamides is 1. The maximum Gasteiger partial charge on any atom is 0.306 e. The Kier molecular flexibility index (Phi) is 5.66. The van der Waals surface area contributed by atoms with Gasteiger partial charge in [-0.3, -0.25) is 4.79 Å². The highest BCUT2D eigenvalue weighted by Crippen LogP contribution is 1.92. The van der Waals surface area contributed by atoms with Crippen molar-refractivity contribution in [3.05, 3.63) is 0 Å². The number of rotatable bonds is 6. The van der Waals surface area contributed by atoms with Gasteiger partial charge < -0.3 is 9.84 Å². The van der Waals surface area contributed by atoms with E-state index in [-0.39, 0.29) is 18.7 Å². The van der Waals surface area contributed by atoms with Gasteiger partial charge in [-0.25, -0.2) is 13.1 Å². The van der Waals surface area contributed by atoms with Gasteiger partial charge in [0, 0.05) is 6.54 Å². The van der Waals surface area contributed by atoms with Crippen LogP contribution in [-0.4, -0.2) is 45.0 Å². The third-order valence-electron chi connectivity index (χ3n) is 1.40. The van der Waals surface area contributed by atoms with Crippen molar-refractivity contribution in [3.8, 4) is 0 Å². The van der Waals surface area contributed by atoms with Crippen LogP contribution in [-0.2, 0) is 19.6 Å². The van der Waals surface area contributed by atoms with Crippen molar-refractivity contribution >= 4 is 16.0 Å². The molecule has 0 aliphatic rings. The summed E-state index contributed by atoms with van der Waals surface area (Å²) in [7, 11) is -2.30. The van der Waals surface area contributed by atoms with Crippen molar-refractivity contribution in [2.24, 2.45) is 0 Å². The number of esters is 1. The van der Waals surface area contributed by atoms with E-state index in [1.165, 1.54) is 14.0 Å². The first kappa shape index (κ1) is 13.3. The summed E-state index contributed by atoms with van der Waals surface area (Å²) in [5, 5.41) is 8.82. The number of hydrogen-bond donors (Lipinski definition) is 2. The van der Waals surface area contributed by atoms with Crippen LogP contribution in [0.5, 0.6) is 0 Å². The molecular formula is C7H15NO5S. The van der Waals surface area contributed by atoms with Gasteiger partial charge in [0.25, 0.3) is 0 Å². The summed E-state index contributed by atoms with van der Waals surface area (Å²) in [5.74, 6) is -0.903. The van der Waals surface area contributed by atoms with E-state index in [1.807, 2.05) is 0 Å². The zero-order valence-electron chi connectivity index (χ0n) is 8.19. The van der Waals surface area contributed by atoms with Crippen LogP contribution in [0.4, 0.5) is 0 Å². The van der Waals surface area contributed by atoms with Crippen LogP contribution >= 0.6 is 0 Å². The number of aliphatic hydroxyl groups excluding tert-OH is 1. The number of aliphatic hydroxyl groups is 1. The van der Waals surface area contributed by atoms with E-state index in [0.29, 0.717) is 0 Å². The predicted octanol–water partition coefficient (Wildman–Crippen LogP) is -1.15. The van der Waals surface area contributed by atoms with Crippen LogP contribution in [0, 0.1) is 0 Å². The highest BCUT2D eigenvalue weighted by molar-refractivity contribution is 7.89. The second-order valence-electron chi connectivity index (χ2n) is 2.84. The summed E-state index contributed by atoms with van der Waals surface area (Å²) >= 11 is 0. The molecule has 0 heterocycles. The molecule has 0 bridgehead atoms. The lowest BCUT2D eigenvalue weighted by Crippen LogP contribution is -2.33. The quantitative estimate of drug-likeness (QED) is 0.557. The Hall–Kier alpha value is -0.660. The van der Waals surface area contributed by atoms with Crippen LogP contribution in [0.2, 0.25) is 0 Å². The van der Waals surface area contributed by atoms with Gasteiger partial charge >= 0.3 is 5.97 Å². The number of carbonyl (C=O) groups excluding carboxylic acids is 1. The molecule has 0 aromatic carbocycles. The second-order valence-corrected chi connectivity index (χ2v) is 4.77. The summed E-state index contributed by atoms with van der Waals surface area (Å²) in [5.41, 5.74) is 0. The molecule has 0 rings (SSSR count). The van der Waals surface area contributed by atoms with E-state index in [0.717, 1.165) is 0 Å². The van der Waals surface area contributed by atoms with Crippen molar-refractivity contribution in [1.29, 1.82) is 0 Å². The van der Waals surface area contributed by atoms with Crippen LogP contribution in [0.25, 0.3) is 0 Å². The molecule has 14 heavy (non-hydrogen) atoms. The van der Waals surface area contributed by atoms with Crippen molar-refractivity contribution < 1.29 is 23.1 Å². The number of methoxy groups -OCH3 is 1. The van der Waals surface area contributed by atoms with Gasteiger partial charge in [-0.2, -0.15) is 0 Å². The third-order valence-corrected chi connectivity index (χ3v) is 2.75. The molecule has 0 fully saturated rings. The Morgan fingerprint density at radius 2 is 2.14 bits per heavy atom. The average molecular weight is 225 g/mol. The molecular weight excluding hydrogens is 210 g/mol. The highest BCUT2D eigenvalue weighted by Gasteiger charge is 2.13. The molecule has 0 spiro atoms. The van der Waals surface area contributed by atoms with Crippen LogP contribution in [0.3, 0.4) is 0 Å². The minimum atomic E-state index is -3.49. The van der Waals surface area contributed by atoms with Gasteiger partial charge in [-0.1, -0.05) is 0 Å². The molecule has 7 heteroatoms. The summed E-state index contributed by atoms with van der Waals surface area (Å²) in [4.78, 5) is 10.6. The largest absolute Gasteiger partial charge is 0.469 e. The Balaban J connectivity index is 3.90. The normalized spacial score (nSPS) is 13.6. The van der Waals surface area contributed by atoms with E-state index in [4.69, 9.17) is 5.11 Å². The van der Waals surface area contributed by atoms with Gasteiger partial charge in [-0.15, -0.1) is 0 Å². The number of carbonyl (C=O) groups is 1. The molecule has 1 unspecified atom stereocenters. The van der Waals surface area contributed by atoms with Crippen molar-refractivity contribution in [2.45, 2.75) is 19.4 Å². The molecule has 1 atom stereocenters. The van der Waals surface area contributed by atoms with E-state index in [9.17, 15) is 13.2 Å². The topological polar surface area (TPSA) is 92.7 Å². The minimum absolute atomic E-state index is 0.0521. The number of ether oxygens (including phenoxy) is 1. The molecule has 0 aromatic rings. The van der Waals surface area contributed by atoms with Crippen molar-refractivity contribution in [3.63, 3.8) is 0 Å². The first-order chi connectivity index (χ1) is 6.37. The first-order valence-electron chi connectivity index (χ1n) is 4.09. The zero-order chi connectivity index (χ0) is 11.2. The van der Waals surface area contributed by atoms with Crippen LogP contribution in [0.1, 0.15) is 13.3 Å². The molecule has 0 aliphatic heterocycles. The Morgan fingerprint density at radius 3 is 2.57 bits per heavy atom. The third kappa shape index (κ3) is 6.81. The van der Waals surface area contributed by atoms with Crippen LogP contribution in [0.15, 0.2) is 0 Å². The summed E-state index contributed by atoms with van der Waals surface area (Å²) in [6.45, 7) is 1.41. The number of hydrogen-bond acceptors (Lipinski definition) is 5. The molecule has 6 nitrogen and oxygen atoms in total. The molecule has 0 aromatic heterocycles. The van der Waals surface area contributed by atoms with Gasteiger partial charge in [0.15, 0.2) is 0 Å². The fourth-order valence-corrected chi connectivity index (χ4v) is 1.71. The van der Waals surface area contributed by atoms with E-state index in [1.54, 1.807) is 0 Å². The molecule has 2 N–H and O–H groups in total. The fourth-order valence-electron chi connectivity index (χ4n) is 0.639. The lowest BCUT2D eigenvalue weighted by molar-refractivity contribution is -0.140. The maximum absolute atomic E-state index is 11.1. The molecule has 84 valence electrons. The predicted molar refractivity (Wildman–Crippen MR) is 50.1 cm³/mol. The minimum Gasteiger partial charge on any atom is -0.469 e. The first-order valence-corrected chi connectivity index (χ1v) is 5.75. The monoisotopic (exact) mass is 225 g/mol. The lowest BCUT2D eigenvalue weighted by Gasteiger charge is -2.07. The second kappa shape index (κ2) is 5.94. The van der Waals surface area contributed by atoms with Gasteiger partial charge in [0.2, 0.25) is 10.0 Å². The van der Waals surface area contributed by atoms with Crippen molar-refractivity contribution in [2.75, 3.05) is 19.4 Å². The molecule has 0 radical (unpaired) electrons. The maximum atomic E-state index is 11.1. The summed E-state index contributed by atoms with van der Waals surface area (Å²) in [6, 6.07) is 0.